The van der Waals surface area contributed by atoms with E-state index in [4.69, 9.17) is 0 Å². The summed E-state index contributed by atoms with van der Waals surface area (Å²) < 4.78 is 0. The maximum Gasteiger partial charge on any atom is 0.134 e. The molecule has 0 amide bonds. The molecule has 2 heterocycles. The van der Waals surface area contributed by atoms with Crippen molar-refractivity contribution in [3.63, 3.8) is 0 Å². The first-order valence-electron chi connectivity index (χ1n) is 6.64. The van der Waals surface area contributed by atoms with Gasteiger partial charge in [0.05, 0.1) is 0 Å². The minimum absolute atomic E-state index is 0.811. The molecule has 100 valence electrons. The third-order valence-corrected chi connectivity index (χ3v) is 3.51. The normalized spacial score (nSPS) is 18.9. The Morgan fingerprint density at radius 2 is 2.33 bits per heavy atom. The van der Waals surface area contributed by atoms with Crippen LogP contribution in [0, 0.1) is 12.8 Å². The summed E-state index contributed by atoms with van der Waals surface area (Å²) in [5, 5.41) is 6.48. The molecule has 18 heavy (non-hydrogen) atoms. The Hall–Kier alpha value is -1.36. The quantitative estimate of drug-likeness (QED) is 0.823. The van der Waals surface area contributed by atoms with Gasteiger partial charge in [-0.05, 0) is 38.8 Å². The second-order valence-corrected chi connectivity index (χ2v) is 4.98. The number of hydrogen-bond donors (Lipinski definition) is 2. The summed E-state index contributed by atoms with van der Waals surface area (Å²) in [6.45, 7) is 5.31. The fourth-order valence-electron chi connectivity index (χ4n) is 2.33. The van der Waals surface area contributed by atoms with E-state index >= 15 is 0 Å². The van der Waals surface area contributed by atoms with Crippen LogP contribution in [0.5, 0.6) is 0 Å². The molecule has 1 fully saturated rings. The van der Waals surface area contributed by atoms with Crippen molar-refractivity contribution in [3.05, 3.63) is 11.9 Å². The van der Waals surface area contributed by atoms with E-state index in [9.17, 15) is 0 Å². The van der Waals surface area contributed by atoms with Crippen LogP contribution in [0.3, 0.4) is 0 Å². The molecular weight excluding hydrogens is 226 g/mol. The molecule has 0 aliphatic carbocycles. The summed E-state index contributed by atoms with van der Waals surface area (Å²) in [4.78, 5) is 11.0. The molecule has 1 unspecified atom stereocenters. The third kappa shape index (κ3) is 3.32. The second kappa shape index (κ2) is 6.00. The van der Waals surface area contributed by atoms with Crippen molar-refractivity contribution in [1.82, 2.24) is 15.3 Å². The fraction of sp³-hybridized carbons (Fsp3) is 0.692. The maximum atomic E-state index is 4.49. The van der Waals surface area contributed by atoms with Crippen molar-refractivity contribution < 1.29 is 0 Å². The predicted octanol–water partition coefficient (Wildman–Crippen LogP) is 1.26. The average Bonchev–Trinajstić information content (AvgIpc) is 2.88. The molecule has 2 N–H and O–H groups in total. The minimum Gasteiger partial charge on any atom is -0.373 e. The molecule has 1 aliphatic rings. The topological polar surface area (TPSA) is 53.1 Å². The van der Waals surface area contributed by atoms with Crippen LogP contribution in [0.4, 0.5) is 11.6 Å². The molecule has 0 radical (unpaired) electrons. The van der Waals surface area contributed by atoms with Gasteiger partial charge in [0.2, 0.25) is 0 Å². The van der Waals surface area contributed by atoms with E-state index in [0.717, 1.165) is 29.9 Å². The molecule has 2 rings (SSSR count). The lowest BCUT2D eigenvalue weighted by molar-refractivity contribution is 0.532. The molecule has 5 heteroatoms. The first-order valence-corrected chi connectivity index (χ1v) is 6.64. The molecule has 1 aromatic heterocycles. The van der Waals surface area contributed by atoms with Gasteiger partial charge in [-0.1, -0.05) is 0 Å². The first-order chi connectivity index (χ1) is 8.69. The number of hydrogen-bond acceptors (Lipinski definition) is 5. The van der Waals surface area contributed by atoms with Crippen molar-refractivity contribution in [2.75, 3.05) is 43.9 Å². The Bertz CT molecular complexity index is 387. The number of aromatic nitrogens is 2. The highest BCUT2D eigenvalue weighted by Crippen LogP contribution is 2.17. The Kier molecular flexibility index (Phi) is 4.36. The van der Waals surface area contributed by atoms with Gasteiger partial charge < -0.3 is 15.5 Å². The van der Waals surface area contributed by atoms with Gasteiger partial charge in [-0.2, -0.15) is 0 Å². The predicted molar refractivity (Wildman–Crippen MR) is 75.2 cm³/mol. The highest BCUT2D eigenvalue weighted by atomic mass is 15.2. The number of nitrogens with zero attached hydrogens (tertiary/aromatic N) is 3. The van der Waals surface area contributed by atoms with Gasteiger partial charge in [-0.3, -0.25) is 0 Å². The zero-order chi connectivity index (χ0) is 13.0. The summed E-state index contributed by atoms with van der Waals surface area (Å²) in [5.41, 5.74) is 0. The van der Waals surface area contributed by atoms with Crippen LogP contribution in [0.25, 0.3) is 0 Å². The largest absolute Gasteiger partial charge is 0.373 e. The van der Waals surface area contributed by atoms with Crippen molar-refractivity contribution in [3.8, 4) is 0 Å². The average molecular weight is 249 g/mol. The lowest BCUT2D eigenvalue weighted by Crippen LogP contribution is -2.23. The number of rotatable bonds is 5. The van der Waals surface area contributed by atoms with Crippen LogP contribution in [0.15, 0.2) is 6.07 Å². The van der Waals surface area contributed by atoms with E-state index in [0.29, 0.717) is 0 Å². The van der Waals surface area contributed by atoms with E-state index in [-0.39, 0.29) is 0 Å². The van der Waals surface area contributed by atoms with Gasteiger partial charge >= 0.3 is 0 Å². The summed E-state index contributed by atoms with van der Waals surface area (Å²) in [6, 6.07) is 2.00. The summed E-state index contributed by atoms with van der Waals surface area (Å²) in [7, 11) is 3.99. The van der Waals surface area contributed by atoms with Crippen LogP contribution in [0.1, 0.15) is 18.7 Å². The highest BCUT2D eigenvalue weighted by Gasteiger charge is 2.15. The van der Waals surface area contributed by atoms with E-state index in [1.54, 1.807) is 0 Å². The minimum atomic E-state index is 0.811. The lowest BCUT2D eigenvalue weighted by Gasteiger charge is -2.20. The second-order valence-electron chi connectivity index (χ2n) is 4.98. The van der Waals surface area contributed by atoms with E-state index in [1.165, 1.54) is 25.9 Å². The Labute approximate surface area is 109 Å². The third-order valence-electron chi connectivity index (χ3n) is 3.51. The molecule has 5 nitrogen and oxygen atoms in total. The molecule has 1 saturated heterocycles. The number of anilines is 2. The molecule has 0 bridgehead atoms. The SMILES string of the molecule is CNc1cc(N(C)CCC2CCNC2)nc(C)n1. The van der Waals surface area contributed by atoms with Gasteiger partial charge in [0, 0.05) is 26.7 Å². The van der Waals surface area contributed by atoms with E-state index in [1.807, 2.05) is 20.0 Å². The van der Waals surface area contributed by atoms with Gasteiger partial charge in [0.25, 0.3) is 0 Å². The zero-order valence-electron chi connectivity index (χ0n) is 11.5. The Morgan fingerprint density at radius 3 is 3.00 bits per heavy atom. The summed E-state index contributed by atoms with van der Waals surface area (Å²) in [5.74, 6) is 3.51. The van der Waals surface area contributed by atoms with Crippen LogP contribution in [-0.4, -0.2) is 43.7 Å². The molecule has 0 saturated carbocycles. The van der Waals surface area contributed by atoms with Crippen LogP contribution >= 0.6 is 0 Å². The molecule has 0 aromatic carbocycles. The fourth-order valence-corrected chi connectivity index (χ4v) is 2.33. The number of aryl methyl sites for hydroxylation is 1. The monoisotopic (exact) mass is 249 g/mol. The molecule has 0 spiro atoms. The maximum absolute atomic E-state index is 4.49. The molecule has 1 aliphatic heterocycles. The van der Waals surface area contributed by atoms with Crippen molar-refractivity contribution >= 4 is 11.6 Å². The Balaban J connectivity index is 1.94. The van der Waals surface area contributed by atoms with Crippen molar-refractivity contribution in [2.45, 2.75) is 19.8 Å². The molecule has 1 atom stereocenters. The van der Waals surface area contributed by atoms with E-state index in [2.05, 4.69) is 32.5 Å². The van der Waals surface area contributed by atoms with Crippen LogP contribution < -0.4 is 15.5 Å². The molecule has 1 aromatic rings. The molecular formula is C13H23N5. The highest BCUT2D eigenvalue weighted by molar-refractivity contribution is 5.48. The zero-order valence-corrected chi connectivity index (χ0v) is 11.5. The smallest absolute Gasteiger partial charge is 0.134 e. The summed E-state index contributed by atoms with van der Waals surface area (Å²) in [6.07, 6.45) is 2.53. The van der Waals surface area contributed by atoms with Crippen molar-refractivity contribution in [1.29, 1.82) is 0 Å². The van der Waals surface area contributed by atoms with Gasteiger partial charge in [0.15, 0.2) is 0 Å². The lowest BCUT2D eigenvalue weighted by atomic mass is 10.1. The number of nitrogens with one attached hydrogen (secondary N) is 2. The summed E-state index contributed by atoms with van der Waals surface area (Å²) >= 11 is 0. The van der Waals surface area contributed by atoms with Gasteiger partial charge in [-0.25, -0.2) is 9.97 Å². The van der Waals surface area contributed by atoms with E-state index < -0.39 is 0 Å². The van der Waals surface area contributed by atoms with Crippen molar-refractivity contribution in [2.24, 2.45) is 5.92 Å². The Morgan fingerprint density at radius 1 is 1.50 bits per heavy atom. The standard InChI is InChI=1S/C13H23N5/c1-10-16-12(14-2)8-13(17-10)18(3)7-5-11-4-6-15-9-11/h8,11,15H,4-7,9H2,1-3H3,(H,14,16,17). The van der Waals surface area contributed by atoms with Crippen LogP contribution in [-0.2, 0) is 0 Å². The first kappa shape index (κ1) is 13.1. The van der Waals surface area contributed by atoms with Crippen LogP contribution in [0.2, 0.25) is 0 Å². The van der Waals surface area contributed by atoms with Gasteiger partial charge in [0.1, 0.15) is 17.5 Å². The van der Waals surface area contributed by atoms with Gasteiger partial charge in [-0.15, -0.1) is 0 Å².